The van der Waals surface area contributed by atoms with E-state index in [0.717, 1.165) is 61.8 Å². The smallest absolute Gasteiger partial charge is 0.127 e. The molecule has 5 aromatic carbocycles. The van der Waals surface area contributed by atoms with Crippen molar-refractivity contribution in [3.63, 3.8) is 0 Å². The first-order valence-electron chi connectivity index (χ1n) is 14.1. The fourth-order valence-corrected chi connectivity index (χ4v) is 5.31. The van der Waals surface area contributed by atoms with Crippen molar-refractivity contribution in [2.24, 2.45) is 0 Å². The second-order valence-corrected chi connectivity index (χ2v) is 10.3. The molecule has 2 heterocycles. The van der Waals surface area contributed by atoms with E-state index in [1.165, 1.54) is 10.9 Å². The van der Waals surface area contributed by atoms with Gasteiger partial charge in [0.2, 0.25) is 0 Å². The summed E-state index contributed by atoms with van der Waals surface area (Å²) in [5.74, 6) is 1.56. The number of para-hydroxylation sites is 1. The molecule has 0 N–H and O–H groups in total. The quantitative estimate of drug-likeness (QED) is 0.210. The Labute approximate surface area is 245 Å². The lowest BCUT2D eigenvalue weighted by atomic mass is 10.00. The van der Waals surface area contributed by atoms with Crippen LogP contribution in [0.25, 0.3) is 55.7 Å². The summed E-state index contributed by atoms with van der Waals surface area (Å²) in [7, 11) is 0. The molecule has 0 saturated carbocycles. The molecule has 0 aliphatic heterocycles. The van der Waals surface area contributed by atoms with Crippen LogP contribution >= 0.6 is 0 Å². The van der Waals surface area contributed by atoms with Gasteiger partial charge in [0.25, 0.3) is 0 Å². The van der Waals surface area contributed by atoms with Gasteiger partial charge in [-0.1, -0.05) is 91.0 Å². The van der Waals surface area contributed by atoms with Crippen molar-refractivity contribution in [1.82, 2.24) is 9.97 Å². The largest absolute Gasteiger partial charge is 0.457 e. The molecule has 0 saturated heterocycles. The number of fused-ring (bicyclic) bond motifs is 1. The average molecular weight is 541 g/mol. The molecule has 0 aliphatic carbocycles. The Hall–Kier alpha value is -5.54. The highest BCUT2D eigenvalue weighted by molar-refractivity contribution is 5.95. The summed E-state index contributed by atoms with van der Waals surface area (Å²) in [5.41, 5.74) is 10.8. The SMILES string of the molecule is Cc1ccnc2c(-c3ccc(Oc4ccc(-c5cc(-c6ccccc6)cc(-c6ccccc6)n5)cc4)cc3)cccc12. The summed E-state index contributed by atoms with van der Waals surface area (Å²) in [6.45, 7) is 2.12. The molecular formula is C39H28N2O. The number of hydrogen-bond acceptors (Lipinski definition) is 3. The number of rotatable bonds is 6. The maximum Gasteiger partial charge on any atom is 0.127 e. The Morgan fingerprint density at radius 3 is 1.69 bits per heavy atom. The van der Waals surface area contributed by atoms with E-state index in [1.807, 2.05) is 60.8 Å². The molecule has 0 aliphatic rings. The minimum atomic E-state index is 0.774. The molecule has 0 radical (unpaired) electrons. The van der Waals surface area contributed by atoms with Crippen molar-refractivity contribution < 1.29 is 4.74 Å². The molecule has 2 aromatic heterocycles. The molecule has 3 heteroatoms. The predicted molar refractivity (Wildman–Crippen MR) is 173 cm³/mol. The Morgan fingerprint density at radius 2 is 1.05 bits per heavy atom. The van der Waals surface area contributed by atoms with E-state index in [4.69, 9.17) is 9.72 Å². The lowest BCUT2D eigenvalue weighted by Gasteiger charge is -2.12. The molecule has 0 fully saturated rings. The maximum absolute atomic E-state index is 6.22. The van der Waals surface area contributed by atoms with Crippen molar-refractivity contribution in [1.29, 1.82) is 0 Å². The first-order chi connectivity index (χ1) is 20.7. The van der Waals surface area contributed by atoms with Gasteiger partial charge in [0, 0.05) is 28.3 Å². The van der Waals surface area contributed by atoms with Crippen molar-refractivity contribution in [3.05, 3.63) is 157 Å². The fraction of sp³-hybridized carbons (Fsp3) is 0.0256. The molecule has 7 rings (SSSR count). The molecule has 0 amide bonds. The number of hydrogen-bond donors (Lipinski definition) is 0. The summed E-state index contributed by atoms with van der Waals surface area (Å²) < 4.78 is 6.22. The average Bonchev–Trinajstić information content (AvgIpc) is 3.06. The van der Waals surface area contributed by atoms with Crippen LogP contribution in [0, 0.1) is 6.92 Å². The van der Waals surface area contributed by atoms with Crippen LogP contribution < -0.4 is 4.74 Å². The van der Waals surface area contributed by atoms with Gasteiger partial charge >= 0.3 is 0 Å². The summed E-state index contributed by atoms with van der Waals surface area (Å²) in [6.07, 6.45) is 1.87. The molecule has 0 unspecified atom stereocenters. The number of aryl methyl sites for hydroxylation is 1. The highest BCUT2D eigenvalue weighted by atomic mass is 16.5. The van der Waals surface area contributed by atoms with E-state index >= 15 is 0 Å². The van der Waals surface area contributed by atoms with E-state index in [0.29, 0.717) is 0 Å². The van der Waals surface area contributed by atoms with Gasteiger partial charge < -0.3 is 4.74 Å². The zero-order chi connectivity index (χ0) is 28.3. The van der Waals surface area contributed by atoms with Gasteiger partial charge in [0.05, 0.1) is 16.9 Å². The van der Waals surface area contributed by atoms with Crippen LogP contribution in [0.3, 0.4) is 0 Å². The van der Waals surface area contributed by atoms with Gasteiger partial charge in [-0.25, -0.2) is 4.98 Å². The Morgan fingerprint density at radius 1 is 0.476 bits per heavy atom. The highest BCUT2D eigenvalue weighted by Crippen LogP contribution is 2.33. The minimum absolute atomic E-state index is 0.774. The highest BCUT2D eigenvalue weighted by Gasteiger charge is 2.10. The van der Waals surface area contributed by atoms with E-state index < -0.39 is 0 Å². The molecule has 7 aromatic rings. The van der Waals surface area contributed by atoms with Gasteiger partial charge in [0.15, 0.2) is 0 Å². The molecule has 0 spiro atoms. The van der Waals surface area contributed by atoms with Crippen molar-refractivity contribution in [3.8, 4) is 56.3 Å². The molecule has 0 bridgehead atoms. The third kappa shape index (κ3) is 5.16. The van der Waals surface area contributed by atoms with Crippen LogP contribution in [0.2, 0.25) is 0 Å². The number of pyridine rings is 2. The summed E-state index contributed by atoms with van der Waals surface area (Å²) in [4.78, 5) is 9.68. The Balaban J connectivity index is 1.15. The molecule has 42 heavy (non-hydrogen) atoms. The molecule has 3 nitrogen and oxygen atoms in total. The zero-order valence-corrected chi connectivity index (χ0v) is 23.2. The van der Waals surface area contributed by atoms with E-state index in [-0.39, 0.29) is 0 Å². The van der Waals surface area contributed by atoms with Crippen molar-refractivity contribution in [2.45, 2.75) is 6.92 Å². The summed E-state index contributed by atoms with van der Waals surface area (Å²) in [5, 5.41) is 1.18. The van der Waals surface area contributed by atoms with Crippen LogP contribution in [0.4, 0.5) is 0 Å². The lowest BCUT2D eigenvalue weighted by Crippen LogP contribution is -1.91. The maximum atomic E-state index is 6.22. The predicted octanol–water partition coefficient (Wildman–Crippen LogP) is 10.4. The van der Waals surface area contributed by atoms with Crippen molar-refractivity contribution >= 4 is 10.9 Å². The normalized spacial score (nSPS) is 11.0. The topological polar surface area (TPSA) is 35.0 Å². The van der Waals surface area contributed by atoms with Gasteiger partial charge in [-0.15, -0.1) is 0 Å². The standard InChI is InChI=1S/C39H28N2O/c1-27-23-24-40-39-35(27)13-8-14-36(39)29-15-19-33(20-16-29)42-34-21-17-31(18-22-34)38-26-32(28-9-4-2-5-10-28)25-37(41-38)30-11-6-3-7-12-30/h2-26H,1H3. The van der Waals surface area contributed by atoms with Gasteiger partial charge in [-0.2, -0.15) is 0 Å². The van der Waals surface area contributed by atoms with E-state index in [2.05, 4.69) is 103 Å². The second kappa shape index (κ2) is 11.1. The van der Waals surface area contributed by atoms with Gasteiger partial charge in [0.1, 0.15) is 11.5 Å². The number of nitrogens with zero attached hydrogens (tertiary/aromatic N) is 2. The molecule has 0 atom stereocenters. The van der Waals surface area contributed by atoms with Crippen LogP contribution in [-0.4, -0.2) is 9.97 Å². The number of benzene rings is 5. The van der Waals surface area contributed by atoms with Gasteiger partial charge in [-0.05, 0) is 83.8 Å². The van der Waals surface area contributed by atoms with Crippen LogP contribution in [0.1, 0.15) is 5.56 Å². The summed E-state index contributed by atoms with van der Waals surface area (Å²) >= 11 is 0. The van der Waals surface area contributed by atoms with Gasteiger partial charge in [-0.3, -0.25) is 4.98 Å². The molecule has 200 valence electrons. The van der Waals surface area contributed by atoms with Crippen LogP contribution in [0.15, 0.2) is 152 Å². The number of ether oxygens (including phenoxy) is 1. The monoisotopic (exact) mass is 540 g/mol. The minimum Gasteiger partial charge on any atom is -0.457 e. The molecular weight excluding hydrogens is 512 g/mol. The van der Waals surface area contributed by atoms with E-state index in [9.17, 15) is 0 Å². The van der Waals surface area contributed by atoms with Crippen molar-refractivity contribution in [2.75, 3.05) is 0 Å². The first-order valence-corrected chi connectivity index (χ1v) is 14.1. The zero-order valence-electron chi connectivity index (χ0n) is 23.2. The first kappa shape index (κ1) is 25.4. The Kier molecular flexibility index (Phi) is 6.75. The third-order valence-corrected chi connectivity index (χ3v) is 7.54. The van der Waals surface area contributed by atoms with Crippen LogP contribution in [0.5, 0.6) is 11.5 Å². The lowest BCUT2D eigenvalue weighted by molar-refractivity contribution is 0.483. The fourth-order valence-electron chi connectivity index (χ4n) is 5.31. The Bertz CT molecular complexity index is 1920. The number of aromatic nitrogens is 2. The van der Waals surface area contributed by atoms with E-state index in [1.54, 1.807) is 0 Å². The second-order valence-electron chi connectivity index (χ2n) is 10.3. The summed E-state index contributed by atoms with van der Waals surface area (Å²) in [6, 6.07) is 49.8. The third-order valence-electron chi connectivity index (χ3n) is 7.54. The van der Waals surface area contributed by atoms with Crippen LogP contribution in [-0.2, 0) is 0 Å².